The van der Waals surface area contributed by atoms with Crippen LogP contribution >= 0.6 is 11.3 Å². The first-order chi connectivity index (χ1) is 9.10. The molecular weight excluding hydrogens is 258 g/mol. The number of hydrogen-bond acceptors (Lipinski definition) is 3. The molecular formula is C14H23N3OS. The highest BCUT2D eigenvalue weighted by molar-refractivity contribution is 7.11. The molecule has 0 unspecified atom stereocenters. The highest BCUT2D eigenvalue weighted by Crippen LogP contribution is 2.25. The fourth-order valence-corrected chi connectivity index (χ4v) is 3.40. The summed E-state index contributed by atoms with van der Waals surface area (Å²) in [6.07, 6.45) is 6.47. The molecule has 5 heteroatoms. The van der Waals surface area contributed by atoms with Gasteiger partial charge in [-0.1, -0.05) is 20.3 Å². The Morgan fingerprint density at radius 1 is 1.58 bits per heavy atom. The second kappa shape index (κ2) is 6.37. The van der Waals surface area contributed by atoms with Crippen molar-refractivity contribution in [2.45, 2.75) is 52.1 Å². The predicted molar refractivity (Wildman–Crippen MR) is 78.3 cm³/mol. The van der Waals surface area contributed by atoms with Crippen molar-refractivity contribution >= 4 is 17.4 Å². The van der Waals surface area contributed by atoms with Gasteiger partial charge in [0.2, 0.25) is 0 Å². The number of aromatic nitrogens is 1. The van der Waals surface area contributed by atoms with Crippen LogP contribution in [0.15, 0.2) is 6.20 Å². The molecule has 2 amide bonds. The molecule has 1 aromatic heterocycles. The second-order valence-corrected chi connectivity index (χ2v) is 6.59. The van der Waals surface area contributed by atoms with E-state index in [4.69, 9.17) is 0 Å². The van der Waals surface area contributed by atoms with Gasteiger partial charge in [0.1, 0.15) is 5.01 Å². The Bertz CT molecular complexity index is 432. The van der Waals surface area contributed by atoms with Crippen molar-refractivity contribution in [3.63, 3.8) is 0 Å². The molecule has 2 rings (SSSR count). The van der Waals surface area contributed by atoms with Gasteiger partial charge in [-0.2, -0.15) is 0 Å². The van der Waals surface area contributed by atoms with Crippen molar-refractivity contribution in [1.29, 1.82) is 0 Å². The lowest BCUT2D eigenvalue weighted by Crippen LogP contribution is -2.43. The quantitative estimate of drug-likeness (QED) is 0.922. The Morgan fingerprint density at radius 3 is 2.95 bits per heavy atom. The number of carbonyl (C=O) groups excluding carboxylic acids is 1. The summed E-state index contributed by atoms with van der Waals surface area (Å²) in [7, 11) is 1.84. The molecule has 0 saturated heterocycles. The molecule has 1 aromatic rings. The van der Waals surface area contributed by atoms with Crippen LogP contribution in [-0.4, -0.2) is 29.0 Å². The molecule has 0 spiro atoms. The summed E-state index contributed by atoms with van der Waals surface area (Å²) in [6, 6.07) is 0.365. The molecule has 1 aliphatic carbocycles. The van der Waals surface area contributed by atoms with Gasteiger partial charge in [0.15, 0.2) is 0 Å². The van der Waals surface area contributed by atoms with Crippen LogP contribution in [0.2, 0.25) is 0 Å². The summed E-state index contributed by atoms with van der Waals surface area (Å²) in [5.41, 5.74) is 0. The van der Waals surface area contributed by atoms with Gasteiger partial charge in [-0.3, -0.25) is 0 Å². The van der Waals surface area contributed by atoms with Crippen LogP contribution < -0.4 is 5.32 Å². The molecule has 4 nitrogen and oxygen atoms in total. The van der Waals surface area contributed by atoms with Crippen LogP contribution in [0.3, 0.4) is 0 Å². The van der Waals surface area contributed by atoms with Gasteiger partial charge in [-0.05, 0) is 25.2 Å². The SMILES string of the molecule is CCc1cnc(CN(C)C(=O)N[C@@H]2CCC[C@@H]2C)s1. The van der Waals surface area contributed by atoms with Gasteiger partial charge in [0.05, 0.1) is 6.54 Å². The molecule has 1 fully saturated rings. The number of carbonyl (C=O) groups is 1. The van der Waals surface area contributed by atoms with Crippen LogP contribution in [0.4, 0.5) is 4.79 Å². The standard InChI is InChI=1S/C14H23N3OS/c1-4-11-8-15-13(19-11)9-17(3)14(18)16-12-7-5-6-10(12)2/h8,10,12H,4-7,9H2,1-3H3,(H,16,18)/t10-,12+/m0/s1. The minimum Gasteiger partial charge on any atom is -0.335 e. The van der Waals surface area contributed by atoms with E-state index in [1.807, 2.05) is 13.2 Å². The fraction of sp³-hybridized carbons (Fsp3) is 0.714. The van der Waals surface area contributed by atoms with Gasteiger partial charge >= 0.3 is 6.03 Å². The monoisotopic (exact) mass is 281 g/mol. The lowest BCUT2D eigenvalue weighted by molar-refractivity contribution is 0.200. The Kier molecular flexibility index (Phi) is 4.80. The molecule has 2 atom stereocenters. The summed E-state index contributed by atoms with van der Waals surface area (Å²) in [6.45, 7) is 4.93. The smallest absolute Gasteiger partial charge is 0.317 e. The average molecular weight is 281 g/mol. The topological polar surface area (TPSA) is 45.2 Å². The van der Waals surface area contributed by atoms with Crippen molar-refractivity contribution < 1.29 is 4.79 Å². The number of nitrogens with one attached hydrogen (secondary N) is 1. The van der Waals surface area contributed by atoms with Crippen molar-refractivity contribution in [3.05, 3.63) is 16.1 Å². The maximum atomic E-state index is 12.1. The number of hydrogen-bond donors (Lipinski definition) is 1. The number of nitrogens with zero attached hydrogens (tertiary/aromatic N) is 2. The predicted octanol–water partition coefficient (Wildman–Crippen LogP) is 3.04. The summed E-state index contributed by atoms with van der Waals surface area (Å²) < 4.78 is 0. The van der Waals surface area contributed by atoms with Crippen LogP contribution in [0.1, 0.15) is 43.0 Å². The van der Waals surface area contributed by atoms with Gasteiger partial charge in [-0.15, -0.1) is 11.3 Å². The summed E-state index contributed by atoms with van der Waals surface area (Å²) in [4.78, 5) is 19.5. The van der Waals surface area contributed by atoms with E-state index in [0.717, 1.165) is 17.8 Å². The molecule has 1 saturated carbocycles. The molecule has 1 N–H and O–H groups in total. The third-order valence-corrected chi connectivity index (χ3v) is 4.97. The van der Waals surface area contributed by atoms with E-state index in [-0.39, 0.29) is 6.03 Å². The number of thiazole rings is 1. The molecule has 106 valence electrons. The van der Waals surface area contributed by atoms with E-state index in [1.165, 1.54) is 17.7 Å². The number of amides is 2. The minimum absolute atomic E-state index is 0.0204. The summed E-state index contributed by atoms with van der Waals surface area (Å²) in [5, 5.41) is 4.14. The van der Waals surface area contributed by atoms with E-state index < -0.39 is 0 Å². The number of urea groups is 1. The average Bonchev–Trinajstić information content (AvgIpc) is 2.99. The van der Waals surface area contributed by atoms with Gasteiger partial charge in [0.25, 0.3) is 0 Å². The first-order valence-corrected chi connectivity index (χ1v) is 7.87. The van der Waals surface area contributed by atoms with Crippen molar-refractivity contribution in [2.75, 3.05) is 7.05 Å². The Balaban J connectivity index is 1.84. The minimum atomic E-state index is 0.0204. The Labute approximate surface area is 119 Å². The summed E-state index contributed by atoms with van der Waals surface area (Å²) in [5.74, 6) is 0.601. The lowest BCUT2D eigenvalue weighted by Gasteiger charge is -2.22. The van der Waals surface area contributed by atoms with Crippen LogP contribution in [0.5, 0.6) is 0 Å². The van der Waals surface area contributed by atoms with Gasteiger partial charge in [-0.25, -0.2) is 9.78 Å². The Hall–Kier alpha value is -1.10. The number of rotatable bonds is 4. The third-order valence-electron chi connectivity index (χ3n) is 3.84. The molecule has 19 heavy (non-hydrogen) atoms. The van der Waals surface area contributed by atoms with E-state index >= 15 is 0 Å². The van der Waals surface area contributed by atoms with Crippen LogP contribution in [0.25, 0.3) is 0 Å². The van der Waals surface area contributed by atoms with E-state index in [9.17, 15) is 4.79 Å². The molecule has 0 aliphatic heterocycles. The normalized spacial score (nSPS) is 22.5. The van der Waals surface area contributed by atoms with E-state index in [0.29, 0.717) is 18.5 Å². The molecule has 0 bridgehead atoms. The first-order valence-electron chi connectivity index (χ1n) is 7.05. The molecule has 1 heterocycles. The maximum absolute atomic E-state index is 12.1. The lowest BCUT2D eigenvalue weighted by atomic mass is 10.1. The van der Waals surface area contributed by atoms with Gasteiger partial charge in [0, 0.05) is 24.2 Å². The largest absolute Gasteiger partial charge is 0.335 e. The third kappa shape index (κ3) is 3.69. The first kappa shape index (κ1) is 14.3. The highest BCUT2D eigenvalue weighted by atomic mass is 32.1. The van der Waals surface area contributed by atoms with Crippen molar-refractivity contribution in [1.82, 2.24) is 15.2 Å². The molecule has 0 radical (unpaired) electrons. The van der Waals surface area contributed by atoms with Crippen molar-refractivity contribution in [3.8, 4) is 0 Å². The van der Waals surface area contributed by atoms with E-state index in [1.54, 1.807) is 16.2 Å². The molecule has 0 aromatic carbocycles. The van der Waals surface area contributed by atoms with Crippen LogP contribution in [-0.2, 0) is 13.0 Å². The summed E-state index contributed by atoms with van der Waals surface area (Å²) >= 11 is 1.69. The van der Waals surface area contributed by atoms with E-state index in [2.05, 4.69) is 24.1 Å². The number of aryl methyl sites for hydroxylation is 1. The Morgan fingerprint density at radius 2 is 2.37 bits per heavy atom. The second-order valence-electron chi connectivity index (χ2n) is 5.39. The van der Waals surface area contributed by atoms with Gasteiger partial charge < -0.3 is 10.2 Å². The highest BCUT2D eigenvalue weighted by Gasteiger charge is 2.25. The molecule has 1 aliphatic rings. The fourth-order valence-electron chi connectivity index (χ4n) is 2.49. The van der Waals surface area contributed by atoms with Crippen LogP contribution in [0, 0.1) is 5.92 Å². The zero-order chi connectivity index (χ0) is 13.8. The zero-order valence-corrected chi connectivity index (χ0v) is 12.8. The zero-order valence-electron chi connectivity index (χ0n) is 12.0. The van der Waals surface area contributed by atoms with Crippen molar-refractivity contribution in [2.24, 2.45) is 5.92 Å². The maximum Gasteiger partial charge on any atom is 0.317 e.